The molecule has 0 aliphatic carbocycles. The Kier molecular flexibility index (Phi) is 4.32. The van der Waals surface area contributed by atoms with E-state index in [2.05, 4.69) is 4.98 Å². The van der Waals surface area contributed by atoms with Crippen molar-refractivity contribution in [2.24, 2.45) is 0 Å². The molecule has 1 aliphatic rings. The van der Waals surface area contributed by atoms with E-state index in [-0.39, 0.29) is 5.82 Å². The van der Waals surface area contributed by atoms with E-state index in [0.29, 0.717) is 16.8 Å². The van der Waals surface area contributed by atoms with Crippen molar-refractivity contribution in [1.29, 1.82) is 0 Å². The highest BCUT2D eigenvalue weighted by Crippen LogP contribution is 2.42. The third kappa shape index (κ3) is 3.15. The molecule has 0 bridgehead atoms. The molecule has 154 valence electrons. The van der Waals surface area contributed by atoms with Gasteiger partial charge in [-0.15, -0.1) is 0 Å². The average molecular weight is 421 g/mol. The Labute approximate surface area is 175 Å². The van der Waals surface area contributed by atoms with Gasteiger partial charge in [0.1, 0.15) is 7.05 Å². The molecule has 4 aromatic rings. The van der Waals surface area contributed by atoms with Crippen LogP contribution >= 0.6 is 0 Å². The molecule has 0 amide bonds. The van der Waals surface area contributed by atoms with Gasteiger partial charge in [-0.25, -0.2) is 0 Å². The number of H-pyrrole nitrogens is 1. The Morgan fingerprint density at radius 1 is 0.903 bits per heavy atom. The van der Waals surface area contributed by atoms with Gasteiger partial charge < -0.3 is 4.98 Å². The summed E-state index contributed by atoms with van der Waals surface area (Å²) < 4.78 is 55.6. The van der Waals surface area contributed by atoms with Crippen molar-refractivity contribution in [1.82, 2.24) is 4.98 Å². The van der Waals surface area contributed by atoms with Crippen molar-refractivity contribution < 1.29 is 22.1 Å². The van der Waals surface area contributed by atoms with Crippen LogP contribution in [0.5, 0.6) is 0 Å². The summed E-state index contributed by atoms with van der Waals surface area (Å²) in [5.74, 6) is -0.350. The first-order valence-electron chi connectivity index (χ1n) is 9.69. The number of alkyl halides is 3. The van der Waals surface area contributed by atoms with Crippen molar-refractivity contribution in [2.45, 2.75) is 6.18 Å². The highest BCUT2D eigenvalue weighted by molar-refractivity contribution is 6.25. The second kappa shape index (κ2) is 6.94. The van der Waals surface area contributed by atoms with E-state index in [0.717, 1.165) is 39.7 Å². The minimum atomic E-state index is -4.41. The summed E-state index contributed by atoms with van der Waals surface area (Å²) in [4.78, 5) is 3.23. The number of fused-ring (bicyclic) bond motifs is 2. The molecule has 0 atom stereocenters. The normalized spacial score (nSPS) is 15.2. The lowest BCUT2D eigenvalue weighted by atomic mass is 9.89. The van der Waals surface area contributed by atoms with Gasteiger partial charge in [0.25, 0.3) is 0 Å². The fraction of sp³-hybridized carbons (Fsp3) is 0.0800. The Morgan fingerprint density at radius 2 is 1.65 bits per heavy atom. The average Bonchev–Trinajstić information content (AvgIpc) is 3.31. The van der Waals surface area contributed by atoms with E-state index in [1.54, 1.807) is 17.7 Å². The summed E-state index contributed by atoms with van der Waals surface area (Å²) in [5.41, 5.74) is 4.29. The van der Waals surface area contributed by atoms with Crippen molar-refractivity contribution in [3.8, 4) is 0 Å². The Balaban J connectivity index is 1.82. The van der Waals surface area contributed by atoms with Crippen LogP contribution in [0.15, 0.2) is 72.9 Å². The SMILES string of the molecule is C[N+]1=C/C(=C(/c2ccc(C(F)(F)F)cc2)c2c[nH]c3ccccc23)c2cccc(F)c21. The lowest BCUT2D eigenvalue weighted by Gasteiger charge is -2.12. The van der Waals surface area contributed by atoms with Crippen LogP contribution in [0.3, 0.4) is 0 Å². The number of hydrogen-bond acceptors (Lipinski definition) is 0. The lowest BCUT2D eigenvalue weighted by Crippen LogP contribution is -2.04. The van der Waals surface area contributed by atoms with Crippen LogP contribution in [-0.2, 0) is 6.18 Å². The number of allylic oxidation sites excluding steroid dienone is 1. The molecule has 6 heteroatoms. The van der Waals surface area contributed by atoms with Crippen molar-refractivity contribution in [3.05, 3.63) is 101 Å². The summed E-state index contributed by atoms with van der Waals surface area (Å²) in [5, 5.41) is 0.936. The number of rotatable bonds is 2. The molecule has 1 N–H and O–H groups in total. The maximum atomic E-state index is 14.5. The standard InChI is InChI=1S/C25H16F4N2/c1-31-14-20(18-6-4-7-21(26)24(18)31)23(15-9-11-16(12-10-15)25(27,28)29)19-13-30-22-8-3-2-5-17(19)22/h2-14H,1H3/p+1. The number of aromatic nitrogens is 1. The van der Waals surface area contributed by atoms with Crippen LogP contribution in [0, 0.1) is 5.82 Å². The van der Waals surface area contributed by atoms with Gasteiger partial charge in [-0.2, -0.15) is 22.1 Å². The second-order valence-electron chi connectivity index (χ2n) is 7.49. The highest BCUT2D eigenvalue weighted by Gasteiger charge is 2.32. The van der Waals surface area contributed by atoms with Gasteiger partial charge in [-0.05, 0) is 35.9 Å². The van der Waals surface area contributed by atoms with Crippen LogP contribution in [0.25, 0.3) is 22.0 Å². The third-order valence-electron chi connectivity index (χ3n) is 5.58. The molecule has 3 aromatic carbocycles. The number of aromatic amines is 1. The van der Waals surface area contributed by atoms with Gasteiger partial charge in [-0.1, -0.05) is 36.4 Å². The van der Waals surface area contributed by atoms with Crippen LogP contribution in [0.2, 0.25) is 0 Å². The first-order valence-corrected chi connectivity index (χ1v) is 9.69. The Bertz CT molecular complexity index is 1370. The van der Waals surface area contributed by atoms with E-state index in [1.807, 2.05) is 42.7 Å². The smallest absolute Gasteiger partial charge is 0.361 e. The van der Waals surface area contributed by atoms with Crippen molar-refractivity contribution in [3.63, 3.8) is 0 Å². The molecular weight excluding hydrogens is 404 g/mol. The third-order valence-corrected chi connectivity index (χ3v) is 5.58. The summed E-state index contributed by atoms with van der Waals surface area (Å²) in [6.07, 6.45) is -0.750. The molecule has 2 heterocycles. The fourth-order valence-electron chi connectivity index (χ4n) is 4.18. The Hall–Kier alpha value is -3.67. The molecular formula is C25H17F4N2+. The zero-order chi connectivity index (χ0) is 21.8. The first kappa shape index (κ1) is 19.3. The van der Waals surface area contributed by atoms with Gasteiger partial charge in [0.15, 0.2) is 12.0 Å². The molecule has 0 saturated carbocycles. The fourth-order valence-corrected chi connectivity index (χ4v) is 4.18. The topological polar surface area (TPSA) is 18.8 Å². The van der Waals surface area contributed by atoms with E-state index >= 15 is 0 Å². The summed E-state index contributed by atoms with van der Waals surface area (Å²) in [6, 6.07) is 17.7. The second-order valence-corrected chi connectivity index (χ2v) is 7.49. The zero-order valence-corrected chi connectivity index (χ0v) is 16.5. The van der Waals surface area contributed by atoms with Crippen LogP contribution in [0.4, 0.5) is 23.2 Å². The van der Waals surface area contributed by atoms with Gasteiger partial charge in [-0.3, -0.25) is 0 Å². The minimum absolute atomic E-state index is 0.350. The number of hydrogen-bond donors (Lipinski definition) is 1. The molecule has 0 saturated heterocycles. The van der Waals surface area contributed by atoms with E-state index in [9.17, 15) is 17.6 Å². The van der Waals surface area contributed by atoms with E-state index < -0.39 is 11.7 Å². The number of halogens is 4. The summed E-state index contributed by atoms with van der Waals surface area (Å²) >= 11 is 0. The minimum Gasteiger partial charge on any atom is -0.361 e. The van der Waals surface area contributed by atoms with Gasteiger partial charge in [0.05, 0.1) is 16.7 Å². The molecule has 5 rings (SSSR count). The molecule has 31 heavy (non-hydrogen) atoms. The van der Waals surface area contributed by atoms with Gasteiger partial charge in [0, 0.05) is 28.2 Å². The summed E-state index contributed by atoms with van der Waals surface area (Å²) in [7, 11) is 1.76. The largest absolute Gasteiger partial charge is 0.416 e. The maximum Gasteiger partial charge on any atom is 0.416 e. The predicted octanol–water partition coefficient (Wildman–Crippen LogP) is 6.64. The molecule has 0 fully saturated rings. The molecule has 2 nitrogen and oxygen atoms in total. The van der Waals surface area contributed by atoms with Crippen LogP contribution in [0.1, 0.15) is 22.3 Å². The molecule has 0 spiro atoms. The predicted molar refractivity (Wildman–Crippen MR) is 114 cm³/mol. The number of benzene rings is 3. The lowest BCUT2D eigenvalue weighted by molar-refractivity contribution is -0.398. The number of nitrogens with one attached hydrogen (secondary N) is 1. The number of para-hydroxylation sites is 2. The van der Waals surface area contributed by atoms with Crippen molar-refractivity contribution >= 4 is 34.0 Å². The van der Waals surface area contributed by atoms with E-state index in [1.165, 1.54) is 18.2 Å². The van der Waals surface area contributed by atoms with E-state index in [4.69, 9.17) is 0 Å². The quantitative estimate of drug-likeness (QED) is 0.276. The molecule has 0 radical (unpaired) electrons. The zero-order valence-electron chi connectivity index (χ0n) is 16.5. The van der Waals surface area contributed by atoms with Crippen LogP contribution in [-0.4, -0.2) is 22.8 Å². The van der Waals surface area contributed by atoms with Gasteiger partial charge >= 0.3 is 6.18 Å². The number of nitrogens with zero attached hydrogens (tertiary/aromatic N) is 1. The van der Waals surface area contributed by atoms with Crippen LogP contribution < -0.4 is 0 Å². The highest BCUT2D eigenvalue weighted by atomic mass is 19.4. The maximum absolute atomic E-state index is 14.5. The summed E-state index contributed by atoms with van der Waals surface area (Å²) in [6.45, 7) is 0. The van der Waals surface area contributed by atoms with Crippen molar-refractivity contribution in [2.75, 3.05) is 7.05 Å². The monoisotopic (exact) mass is 421 g/mol. The molecule has 0 unspecified atom stereocenters. The molecule has 1 aliphatic heterocycles. The Morgan fingerprint density at radius 3 is 2.39 bits per heavy atom. The molecule has 1 aromatic heterocycles. The first-order chi connectivity index (χ1) is 14.8. The van der Waals surface area contributed by atoms with Gasteiger partial charge in [0.2, 0.25) is 5.69 Å².